The summed E-state index contributed by atoms with van der Waals surface area (Å²) in [5.41, 5.74) is 3.71. The molecular formula is C27H30N8O3. The molecule has 0 radical (unpaired) electrons. The van der Waals surface area contributed by atoms with Crippen molar-refractivity contribution in [1.29, 1.82) is 0 Å². The highest BCUT2D eigenvalue weighted by Gasteiger charge is 2.75. The molecule has 0 bridgehead atoms. The molecule has 0 aromatic carbocycles. The maximum Gasteiger partial charge on any atom is 0.229 e. The Morgan fingerprint density at radius 1 is 1.16 bits per heavy atom. The van der Waals surface area contributed by atoms with Gasteiger partial charge in [-0.15, -0.1) is 0 Å². The van der Waals surface area contributed by atoms with E-state index in [9.17, 15) is 15.0 Å². The van der Waals surface area contributed by atoms with Crippen LogP contribution in [0, 0.1) is 25.2 Å². The molecule has 2 fully saturated rings. The number of nitrogens with one attached hydrogen (secondary N) is 2. The zero-order valence-corrected chi connectivity index (χ0v) is 21.5. The summed E-state index contributed by atoms with van der Waals surface area (Å²) in [6.45, 7) is 6.69. The predicted molar refractivity (Wildman–Crippen MR) is 140 cm³/mol. The van der Waals surface area contributed by atoms with Crippen molar-refractivity contribution in [1.82, 2.24) is 34.8 Å². The van der Waals surface area contributed by atoms with Gasteiger partial charge in [-0.3, -0.25) is 14.8 Å². The summed E-state index contributed by atoms with van der Waals surface area (Å²) in [7, 11) is 0. The van der Waals surface area contributed by atoms with Crippen LogP contribution < -0.4 is 10.6 Å². The van der Waals surface area contributed by atoms with E-state index >= 15 is 0 Å². The van der Waals surface area contributed by atoms with E-state index in [4.69, 9.17) is 9.97 Å². The second-order valence-corrected chi connectivity index (χ2v) is 10.3. The quantitative estimate of drug-likeness (QED) is 0.290. The van der Waals surface area contributed by atoms with Gasteiger partial charge in [0.25, 0.3) is 0 Å². The number of amides is 1. The number of aliphatic hydroxyl groups excluding tert-OH is 2. The number of hydrogen-bond acceptors (Lipinski definition) is 9. The third kappa shape index (κ3) is 3.81. The Labute approximate surface area is 219 Å². The van der Waals surface area contributed by atoms with Crippen LogP contribution in [-0.2, 0) is 11.3 Å². The summed E-state index contributed by atoms with van der Waals surface area (Å²) in [5.74, 6) is 0.516. The van der Waals surface area contributed by atoms with Crippen molar-refractivity contribution in [3.63, 3.8) is 0 Å². The van der Waals surface area contributed by atoms with Crippen LogP contribution in [0.3, 0.4) is 0 Å². The Bertz CT molecular complexity index is 1540. The van der Waals surface area contributed by atoms with E-state index in [0.717, 1.165) is 22.4 Å². The molecule has 11 heteroatoms. The molecule has 4 aromatic rings. The lowest BCUT2D eigenvalue weighted by molar-refractivity contribution is -0.132. The van der Waals surface area contributed by atoms with Crippen LogP contribution in [0.25, 0.3) is 22.6 Å². The Morgan fingerprint density at radius 3 is 2.76 bits per heavy atom. The number of aromatic nitrogens is 6. The second-order valence-electron chi connectivity index (χ2n) is 10.3. The largest absolute Gasteiger partial charge is 0.389 e. The van der Waals surface area contributed by atoms with Gasteiger partial charge >= 0.3 is 0 Å². The fourth-order valence-corrected chi connectivity index (χ4v) is 5.81. The molecule has 6 rings (SSSR count). The second kappa shape index (κ2) is 9.10. The predicted octanol–water partition coefficient (Wildman–Crippen LogP) is 1.93. The maximum absolute atomic E-state index is 12.9. The van der Waals surface area contributed by atoms with Gasteiger partial charge in [-0.2, -0.15) is 0 Å². The highest BCUT2D eigenvalue weighted by atomic mass is 16.3. The number of nitrogens with zero attached hydrogens (tertiary/aromatic N) is 6. The van der Waals surface area contributed by atoms with Gasteiger partial charge in [0.15, 0.2) is 17.3 Å². The van der Waals surface area contributed by atoms with Gasteiger partial charge in [0.1, 0.15) is 11.6 Å². The van der Waals surface area contributed by atoms with Crippen molar-refractivity contribution in [3.8, 4) is 11.4 Å². The molecule has 196 valence electrons. The summed E-state index contributed by atoms with van der Waals surface area (Å²) >= 11 is 0. The number of anilines is 1. The van der Waals surface area contributed by atoms with Gasteiger partial charge in [-0.05, 0) is 56.5 Å². The summed E-state index contributed by atoms with van der Waals surface area (Å²) in [4.78, 5) is 35.8. The van der Waals surface area contributed by atoms with Crippen LogP contribution in [0.5, 0.6) is 0 Å². The molecule has 2 aliphatic rings. The molecule has 4 aromatic heterocycles. The van der Waals surface area contributed by atoms with Crippen molar-refractivity contribution in [3.05, 3.63) is 59.9 Å². The van der Waals surface area contributed by atoms with Gasteiger partial charge in [0, 0.05) is 36.6 Å². The molecular weight excluding hydrogens is 484 g/mol. The zero-order valence-electron chi connectivity index (χ0n) is 21.5. The number of pyridine rings is 2. The molecule has 11 nitrogen and oxygen atoms in total. The molecule has 4 N–H and O–H groups in total. The molecule has 0 spiro atoms. The lowest BCUT2D eigenvalue weighted by atomic mass is 9.98. The molecule has 1 unspecified atom stereocenters. The first-order chi connectivity index (χ1) is 18.3. The minimum Gasteiger partial charge on any atom is -0.389 e. The van der Waals surface area contributed by atoms with Crippen LogP contribution in [0.4, 0.5) is 5.82 Å². The Balaban J connectivity index is 1.43. The number of aryl methyl sites for hydroxylation is 2. The summed E-state index contributed by atoms with van der Waals surface area (Å²) in [5, 5.41) is 28.2. The molecule has 0 aliphatic heterocycles. The third-order valence-electron chi connectivity index (χ3n) is 7.72. The molecule has 2 saturated carbocycles. The standard InChI is InChI=1S/C27H30N8O3/c1-4-29-26(38)27-9-18(27)20(21(36)22(27)37)35-13-32-19-24(31-12-17-8-14(2)5-6-30-17)33-23(34-25(19)35)16-7-15(3)10-28-11-16/h5-8,10-11,13,18,20-22,36-37H,4,9,12H2,1-3H3,(H,29,38)(H,31,33,34)/t18-,20?,21+,22+,27-/m1/s1. The summed E-state index contributed by atoms with van der Waals surface area (Å²) < 4.78 is 1.78. The molecule has 1 amide bonds. The Morgan fingerprint density at radius 2 is 2.00 bits per heavy atom. The highest BCUT2D eigenvalue weighted by molar-refractivity contribution is 5.88. The van der Waals surface area contributed by atoms with E-state index in [1.807, 2.05) is 39.0 Å². The average Bonchev–Trinajstić information content (AvgIpc) is 3.44. The lowest BCUT2D eigenvalue weighted by Gasteiger charge is -2.23. The van der Waals surface area contributed by atoms with Crippen LogP contribution in [0.1, 0.15) is 36.2 Å². The highest BCUT2D eigenvalue weighted by Crippen LogP contribution is 2.67. The van der Waals surface area contributed by atoms with Crippen molar-refractivity contribution in [2.24, 2.45) is 11.3 Å². The summed E-state index contributed by atoms with van der Waals surface area (Å²) in [6.07, 6.45) is 5.03. The van der Waals surface area contributed by atoms with Gasteiger partial charge in [-0.25, -0.2) is 15.0 Å². The topological polar surface area (TPSA) is 151 Å². The first kappa shape index (κ1) is 24.4. The normalized spacial score (nSPS) is 25.8. The van der Waals surface area contributed by atoms with E-state index < -0.39 is 23.7 Å². The van der Waals surface area contributed by atoms with Crippen LogP contribution in [0.15, 0.2) is 43.1 Å². The smallest absolute Gasteiger partial charge is 0.229 e. The molecule has 4 heterocycles. The number of imidazole rings is 1. The van der Waals surface area contributed by atoms with E-state index in [-0.39, 0.29) is 11.8 Å². The van der Waals surface area contributed by atoms with Gasteiger partial charge in [-0.1, -0.05) is 0 Å². The minimum atomic E-state index is -1.17. The number of fused-ring (bicyclic) bond motifs is 2. The van der Waals surface area contributed by atoms with Gasteiger partial charge in [0.2, 0.25) is 5.91 Å². The van der Waals surface area contributed by atoms with E-state index in [1.54, 1.807) is 29.5 Å². The first-order valence-electron chi connectivity index (χ1n) is 12.8. The maximum atomic E-state index is 12.9. The van der Waals surface area contributed by atoms with Crippen LogP contribution in [-0.4, -0.2) is 64.4 Å². The van der Waals surface area contributed by atoms with Gasteiger partial charge in [0.05, 0.1) is 36.1 Å². The SMILES string of the molecule is CCNC(=O)[C@]12C[C@@H]1C(n1cnc3c(NCc4cc(C)ccn4)nc(-c4cncc(C)c4)nc31)[C@H](O)[C@@H]2O. The number of carbonyl (C=O) groups excluding carboxylic acids is 1. The fraction of sp³-hybridized carbons (Fsp3) is 0.407. The van der Waals surface area contributed by atoms with Gasteiger partial charge < -0.3 is 25.4 Å². The summed E-state index contributed by atoms with van der Waals surface area (Å²) in [6, 6.07) is 5.34. The van der Waals surface area contributed by atoms with E-state index in [0.29, 0.717) is 42.3 Å². The van der Waals surface area contributed by atoms with E-state index in [1.165, 1.54) is 0 Å². The monoisotopic (exact) mass is 514 g/mol. The van der Waals surface area contributed by atoms with Crippen LogP contribution >= 0.6 is 0 Å². The number of hydrogen-bond donors (Lipinski definition) is 4. The molecule has 38 heavy (non-hydrogen) atoms. The van der Waals surface area contributed by atoms with Crippen molar-refractivity contribution >= 4 is 22.9 Å². The molecule has 5 atom stereocenters. The van der Waals surface area contributed by atoms with E-state index in [2.05, 4.69) is 25.6 Å². The Hall–Kier alpha value is -3.96. The van der Waals surface area contributed by atoms with Crippen molar-refractivity contribution in [2.75, 3.05) is 11.9 Å². The molecule has 0 saturated heterocycles. The fourth-order valence-electron chi connectivity index (χ4n) is 5.81. The van der Waals surface area contributed by atoms with Crippen LogP contribution in [0.2, 0.25) is 0 Å². The van der Waals surface area contributed by atoms with Crippen molar-refractivity contribution in [2.45, 2.75) is 52.0 Å². The zero-order chi connectivity index (χ0) is 26.6. The minimum absolute atomic E-state index is 0.224. The molecule has 2 aliphatic carbocycles. The Kier molecular flexibility index (Phi) is 5.84. The number of carbonyl (C=O) groups is 1. The number of aliphatic hydroxyl groups is 2. The van der Waals surface area contributed by atoms with Crippen molar-refractivity contribution < 1.29 is 15.0 Å². The third-order valence-corrected chi connectivity index (χ3v) is 7.72. The number of rotatable bonds is 7. The first-order valence-corrected chi connectivity index (χ1v) is 12.8. The lowest BCUT2D eigenvalue weighted by Crippen LogP contribution is -2.42. The average molecular weight is 515 g/mol.